The highest BCUT2D eigenvalue weighted by atomic mass is 16.8. The molecule has 24 N–H and O–H groups in total. The van der Waals surface area contributed by atoms with Crippen LogP contribution in [0.3, 0.4) is 0 Å². The van der Waals surface area contributed by atoms with E-state index in [9.17, 15) is 122 Å². The average Bonchev–Trinajstić information content (AvgIpc) is 0.771. The standard InChI is InChI=1S/C54H91N3O39/c1-12-26(65)34(73)38(77)50(84-12)83-11-22-43(44(25(47(81)86-22)57-16(5)64)94-52-40(79)35(74)27(66)13(2)85-52)93-49-24(56-15(4)63)33(72)42(20(9-61)90-49)92-53-41(80)45(31(70)21(91-53)10-82-51-39(78)36(75)29(68)18(7-59)88-51)95-54-46(37(76)30(69)19(8-60)89-54)96-48-23(55-14(3)62)32(71)28(67)17(6-58)87-48/h12-13,17-54,58-61,65-81H,6-11H2,1-5H3,(H,55,62)(H,56,63)(H,57,64)/t12-,13-,17+,18+,19+,20+,21+,22+,23+,24+,25+,26+,27+,28+,29+,30+,31+,32+,33+,34+,35+,36-,37-,38-,39-,40-,41-,42+,43+,44+,45-,46-,47+,48-,49-,50+,51-,52-,53-,54+/m0/s1. The molecule has 0 unspecified atom stereocenters. The van der Waals surface area contributed by atoms with E-state index in [4.69, 9.17) is 71.1 Å². The van der Waals surface area contributed by atoms with Gasteiger partial charge in [-0.2, -0.15) is 0 Å². The first-order valence-electron chi connectivity index (χ1n) is 30.8. The first-order chi connectivity index (χ1) is 45.3. The summed E-state index contributed by atoms with van der Waals surface area (Å²) >= 11 is 0. The van der Waals surface area contributed by atoms with E-state index >= 15 is 0 Å². The molecule has 8 heterocycles. The van der Waals surface area contributed by atoms with E-state index < -0.39 is 303 Å². The van der Waals surface area contributed by atoms with E-state index in [1.54, 1.807) is 0 Å². The van der Waals surface area contributed by atoms with Crippen LogP contribution in [0.1, 0.15) is 34.6 Å². The number of carbonyl (C=O) groups excluding carboxylic acids is 3. The van der Waals surface area contributed by atoms with Crippen molar-refractivity contribution in [3.8, 4) is 0 Å². The molecule has 8 aliphatic rings. The van der Waals surface area contributed by atoms with Crippen molar-refractivity contribution in [2.24, 2.45) is 0 Å². The van der Waals surface area contributed by atoms with Crippen molar-refractivity contribution < 1.29 is 193 Å². The second kappa shape index (κ2) is 33.8. The van der Waals surface area contributed by atoms with Gasteiger partial charge in [0.15, 0.2) is 50.3 Å². The monoisotopic (exact) mass is 1410 g/mol. The van der Waals surface area contributed by atoms with Gasteiger partial charge < -0.3 is 194 Å². The topological polar surface area (TPSA) is 651 Å². The number of hydrogen-bond donors (Lipinski definition) is 24. The zero-order valence-electron chi connectivity index (χ0n) is 52.1. The molecule has 556 valence electrons. The SMILES string of the molecule is CC(=O)N[C@@H]1[C@@H](O[C@@H]2O[C@@H](C)[C@@H](O)[C@@H](O)[C@@H]2O)[C@H](O[C@@H]2O[C@H](CO)[C@@H](O[C@@H]3O[C@H](CO[C@H]4O[C@H](CO)[C@@H](O)[C@H](O)[C@@H]4O)[C@@H](O)[C@H](O[C@H]4O[C@H](CO)[C@@H](O)[C@H](O)[C@@H]4O[C@@H]4O[C@H](CO)[C@@H](O)[C@H](O)[C@H]4NC(C)=O)[C@@H]3O)[C@H](O)[C@H]2NC(C)=O)[C@@H](CO[C@@H]2O[C@@H](C)[C@@H](O)[C@@H](O)[C@@H]2O)O[C@H]1O. The molecule has 0 aliphatic carbocycles. The van der Waals surface area contributed by atoms with Crippen LogP contribution in [0, 0.1) is 0 Å². The lowest BCUT2D eigenvalue weighted by atomic mass is 9.93. The predicted octanol–water partition coefficient (Wildman–Crippen LogP) is -16.0. The molecule has 0 aromatic heterocycles. The molecular formula is C54H91N3O39. The third-order valence-electron chi connectivity index (χ3n) is 17.7. The van der Waals surface area contributed by atoms with Crippen LogP contribution in [0.4, 0.5) is 0 Å². The normalized spacial score (nSPS) is 50.3. The Morgan fingerprint density at radius 2 is 0.656 bits per heavy atom. The Kier molecular flexibility index (Phi) is 27.7. The van der Waals surface area contributed by atoms with Gasteiger partial charge >= 0.3 is 0 Å². The number of hydrogen-bond acceptors (Lipinski definition) is 39. The summed E-state index contributed by atoms with van der Waals surface area (Å²) in [6, 6.07) is -5.49. The Balaban J connectivity index is 1.14. The molecule has 0 radical (unpaired) electrons. The van der Waals surface area contributed by atoms with Gasteiger partial charge in [0.1, 0.15) is 183 Å². The van der Waals surface area contributed by atoms with E-state index in [2.05, 4.69) is 16.0 Å². The number of nitrogens with one attached hydrogen (secondary N) is 3. The van der Waals surface area contributed by atoms with E-state index in [1.165, 1.54) is 13.8 Å². The maximum absolute atomic E-state index is 13.2. The van der Waals surface area contributed by atoms with Crippen molar-refractivity contribution >= 4 is 17.7 Å². The minimum absolute atomic E-state index is 0.830. The highest BCUT2D eigenvalue weighted by molar-refractivity contribution is 5.74. The molecule has 0 bridgehead atoms. The third-order valence-corrected chi connectivity index (χ3v) is 17.7. The first-order valence-corrected chi connectivity index (χ1v) is 30.8. The van der Waals surface area contributed by atoms with Gasteiger partial charge in [-0.3, -0.25) is 14.4 Å². The average molecular weight is 1410 g/mol. The number of rotatable bonds is 23. The summed E-state index contributed by atoms with van der Waals surface area (Å²) in [4.78, 5) is 38.4. The highest BCUT2D eigenvalue weighted by Crippen LogP contribution is 2.39. The van der Waals surface area contributed by atoms with Gasteiger partial charge in [-0.1, -0.05) is 0 Å². The quantitative estimate of drug-likeness (QED) is 0.0452. The molecule has 0 spiro atoms. The molecule has 8 fully saturated rings. The molecule has 96 heavy (non-hydrogen) atoms. The maximum Gasteiger partial charge on any atom is 0.217 e. The molecule has 3 amide bonds. The van der Waals surface area contributed by atoms with Gasteiger partial charge in [-0.25, -0.2) is 0 Å². The van der Waals surface area contributed by atoms with Gasteiger partial charge in [-0.05, 0) is 13.8 Å². The summed E-state index contributed by atoms with van der Waals surface area (Å²) in [5.41, 5.74) is 0. The van der Waals surface area contributed by atoms with E-state index in [0.29, 0.717) is 0 Å². The van der Waals surface area contributed by atoms with Crippen molar-refractivity contribution in [1.82, 2.24) is 16.0 Å². The Morgan fingerprint density at radius 3 is 1.19 bits per heavy atom. The second-order valence-corrected chi connectivity index (χ2v) is 24.6. The summed E-state index contributed by atoms with van der Waals surface area (Å²) in [7, 11) is 0. The summed E-state index contributed by atoms with van der Waals surface area (Å²) in [5.74, 6) is -2.64. The van der Waals surface area contributed by atoms with Crippen molar-refractivity contribution in [1.29, 1.82) is 0 Å². The first kappa shape index (κ1) is 78.7. The van der Waals surface area contributed by atoms with E-state index in [1.807, 2.05) is 0 Å². The zero-order chi connectivity index (χ0) is 70.8. The largest absolute Gasteiger partial charge is 0.394 e. The second-order valence-electron chi connectivity index (χ2n) is 24.6. The minimum atomic E-state index is -2.45. The highest BCUT2D eigenvalue weighted by Gasteiger charge is 2.60. The maximum atomic E-state index is 13.2. The molecule has 42 heteroatoms. The van der Waals surface area contributed by atoms with E-state index in [-0.39, 0.29) is 0 Å². The Morgan fingerprint density at radius 1 is 0.292 bits per heavy atom. The van der Waals surface area contributed by atoms with Gasteiger partial charge in [-0.15, -0.1) is 0 Å². The summed E-state index contributed by atoms with van der Waals surface area (Å²) in [6.45, 7) is -0.495. The van der Waals surface area contributed by atoms with Crippen molar-refractivity contribution in [3.05, 3.63) is 0 Å². The minimum Gasteiger partial charge on any atom is -0.394 e. The Labute approximate surface area is 545 Å². The molecule has 0 aromatic rings. The molecule has 8 aliphatic heterocycles. The predicted molar refractivity (Wildman–Crippen MR) is 296 cm³/mol. The summed E-state index contributed by atoms with van der Waals surface area (Å²) in [5, 5.41) is 238. The number of amides is 3. The third kappa shape index (κ3) is 17.2. The fourth-order valence-corrected chi connectivity index (χ4v) is 12.4. The molecular weight excluding hydrogens is 1310 g/mol. The van der Waals surface area contributed by atoms with Gasteiger partial charge in [0.25, 0.3) is 0 Å². The van der Waals surface area contributed by atoms with Gasteiger partial charge in [0, 0.05) is 20.8 Å². The van der Waals surface area contributed by atoms with Crippen LogP contribution in [0.15, 0.2) is 0 Å². The lowest BCUT2D eigenvalue weighted by Crippen LogP contribution is -2.71. The van der Waals surface area contributed by atoms with Gasteiger partial charge in [0.2, 0.25) is 17.7 Å². The Hall–Kier alpha value is -3.03. The van der Waals surface area contributed by atoms with Crippen molar-refractivity contribution in [2.75, 3.05) is 39.6 Å². The fourth-order valence-electron chi connectivity index (χ4n) is 12.4. The van der Waals surface area contributed by atoms with Crippen LogP contribution in [-0.4, -0.2) is 410 Å². The smallest absolute Gasteiger partial charge is 0.217 e. The molecule has 42 nitrogen and oxygen atoms in total. The summed E-state index contributed by atoms with van der Waals surface area (Å²) in [6.07, 6.45) is -72.3. The molecule has 8 rings (SSSR count). The number of carbonyl (C=O) groups is 3. The van der Waals surface area contributed by atoms with Crippen LogP contribution in [0.25, 0.3) is 0 Å². The van der Waals surface area contributed by atoms with Crippen LogP contribution in [0.5, 0.6) is 0 Å². The van der Waals surface area contributed by atoms with Gasteiger partial charge in [0.05, 0.1) is 51.8 Å². The van der Waals surface area contributed by atoms with Crippen molar-refractivity contribution in [3.63, 3.8) is 0 Å². The molecule has 8 saturated heterocycles. The molecule has 0 saturated carbocycles. The van der Waals surface area contributed by atoms with Crippen LogP contribution < -0.4 is 16.0 Å². The number of aliphatic hydroxyl groups is 21. The van der Waals surface area contributed by atoms with Crippen molar-refractivity contribution in [2.45, 2.75) is 280 Å². The molecule has 40 atom stereocenters. The zero-order valence-corrected chi connectivity index (χ0v) is 52.1. The Bertz CT molecular complexity index is 2470. The lowest BCUT2D eigenvalue weighted by Gasteiger charge is -2.51. The van der Waals surface area contributed by atoms with Crippen LogP contribution >= 0.6 is 0 Å². The van der Waals surface area contributed by atoms with Crippen LogP contribution in [-0.2, 0) is 85.4 Å². The number of ether oxygens (including phenoxy) is 15. The number of aliphatic hydroxyl groups excluding tert-OH is 21. The lowest BCUT2D eigenvalue weighted by molar-refractivity contribution is -0.396. The van der Waals surface area contributed by atoms with E-state index in [0.717, 1.165) is 20.8 Å². The fraction of sp³-hybridized carbons (Fsp3) is 0.944. The van der Waals surface area contributed by atoms with Crippen LogP contribution in [0.2, 0.25) is 0 Å². The molecule has 0 aromatic carbocycles. The summed E-state index contributed by atoms with van der Waals surface area (Å²) < 4.78 is 88.9.